The number of aromatic nitrogens is 1. The van der Waals surface area contributed by atoms with Gasteiger partial charge in [-0.15, -0.1) is 0 Å². The number of pyridine rings is 1. The van der Waals surface area contributed by atoms with Crippen LogP contribution < -0.4 is 0 Å². The molecule has 48 heavy (non-hydrogen) atoms. The van der Waals surface area contributed by atoms with Crippen LogP contribution in [-0.4, -0.2) is 52.5 Å². The highest BCUT2D eigenvalue weighted by Gasteiger charge is 2.58. The maximum atomic E-state index is 14.2. The number of hydrogen-bond acceptors (Lipinski definition) is 6. The summed E-state index contributed by atoms with van der Waals surface area (Å²) in [6.07, 6.45) is 3.34. The molecule has 268 valence electrons. The maximum absolute atomic E-state index is 14.2. The summed E-state index contributed by atoms with van der Waals surface area (Å²) in [7, 11) is -4.23. The number of hydrogen-bond donors (Lipinski definition) is 1. The van der Waals surface area contributed by atoms with Crippen LogP contribution in [0.25, 0.3) is 17.2 Å². The second kappa shape index (κ2) is 16.7. The first-order valence-electron chi connectivity index (χ1n) is 17.7. The van der Waals surface area contributed by atoms with Crippen molar-refractivity contribution in [2.24, 2.45) is 0 Å². The van der Waals surface area contributed by atoms with Crippen molar-refractivity contribution in [1.29, 1.82) is 0 Å². The molecule has 1 saturated heterocycles. The van der Waals surface area contributed by atoms with Crippen LogP contribution in [0.2, 0.25) is 22.2 Å². The van der Waals surface area contributed by atoms with E-state index in [4.69, 9.17) is 22.7 Å². The Morgan fingerprint density at radius 3 is 1.88 bits per heavy atom. The van der Waals surface area contributed by atoms with Gasteiger partial charge in [0.2, 0.25) is 0 Å². The second-order valence-electron chi connectivity index (χ2n) is 15.2. The van der Waals surface area contributed by atoms with Gasteiger partial charge in [-0.25, -0.2) is 4.39 Å². The number of rotatable bonds is 13. The molecule has 2 unspecified atom stereocenters. The maximum Gasteiger partial charge on any atom is 0.335 e. The van der Waals surface area contributed by atoms with Crippen LogP contribution in [0.4, 0.5) is 4.39 Å². The molecule has 1 aromatic carbocycles. The Labute approximate surface area is 291 Å². The summed E-state index contributed by atoms with van der Waals surface area (Å²) in [6, 6.07) is 6.59. The number of benzene rings is 1. The van der Waals surface area contributed by atoms with Gasteiger partial charge in [-0.05, 0) is 57.3 Å². The molecule has 1 aliphatic heterocycles. The summed E-state index contributed by atoms with van der Waals surface area (Å²) in [5, 5.41) is 9.98. The van der Waals surface area contributed by atoms with Crippen molar-refractivity contribution in [2.45, 2.75) is 149 Å². The van der Waals surface area contributed by atoms with E-state index in [0.717, 1.165) is 33.6 Å². The molecule has 0 spiro atoms. The van der Waals surface area contributed by atoms with E-state index in [-0.39, 0.29) is 46.2 Å². The van der Waals surface area contributed by atoms with Crippen LogP contribution in [-0.2, 0) is 29.1 Å². The molecular weight excluding hydrogens is 642 g/mol. The zero-order valence-electron chi connectivity index (χ0n) is 31.5. The molecule has 10 heteroatoms. The summed E-state index contributed by atoms with van der Waals surface area (Å²) in [4.78, 5) is 17.4. The normalized spacial score (nSPS) is 20.1. The lowest BCUT2D eigenvalue weighted by atomic mass is 9.87. The van der Waals surface area contributed by atoms with Gasteiger partial charge >= 0.3 is 23.1 Å². The van der Waals surface area contributed by atoms with Crippen molar-refractivity contribution in [3.8, 4) is 11.1 Å². The van der Waals surface area contributed by atoms with Gasteiger partial charge in [0.25, 0.3) is 0 Å². The number of halogens is 1. The number of aliphatic carboxylic acids is 1. The SMILES string of the molecule is COCc1c(C(C)C)nc(C(C)C)c(/C=C/C2CC(CC(=O)O)O[Si](C(C)C)(C(C)C)O[Si](C(C)C)(C(C)C)O2)c1-c1ccc(F)cc1. The third-order valence-electron chi connectivity index (χ3n) is 9.51. The first-order valence-corrected chi connectivity index (χ1v) is 21.6. The predicted molar refractivity (Wildman–Crippen MR) is 197 cm³/mol. The van der Waals surface area contributed by atoms with Crippen LogP contribution >= 0.6 is 0 Å². The van der Waals surface area contributed by atoms with Gasteiger partial charge in [0.05, 0.1) is 30.9 Å². The van der Waals surface area contributed by atoms with Crippen LogP contribution in [0.3, 0.4) is 0 Å². The number of ether oxygens (including phenoxy) is 1. The minimum Gasteiger partial charge on any atom is -0.481 e. The average molecular weight is 702 g/mol. The Balaban J connectivity index is 2.34. The first-order chi connectivity index (χ1) is 22.4. The molecule has 1 aromatic heterocycles. The van der Waals surface area contributed by atoms with E-state index < -0.39 is 35.3 Å². The van der Waals surface area contributed by atoms with Gasteiger partial charge in [-0.1, -0.05) is 107 Å². The van der Waals surface area contributed by atoms with Crippen molar-refractivity contribution < 1.29 is 32.0 Å². The lowest BCUT2D eigenvalue weighted by Crippen LogP contribution is -2.64. The monoisotopic (exact) mass is 701 g/mol. The second-order valence-corrected chi connectivity index (χ2v) is 23.9. The largest absolute Gasteiger partial charge is 0.481 e. The molecule has 1 fully saturated rings. The third kappa shape index (κ3) is 8.74. The summed E-state index contributed by atoms with van der Waals surface area (Å²) in [5.74, 6) is -0.982. The van der Waals surface area contributed by atoms with Crippen LogP contribution in [0, 0.1) is 5.82 Å². The lowest BCUT2D eigenvalue weighted by Gasteiger charge is -2.52. The molecule has 0 saturated carbocycles. The van der Waals surface area contributed by atoms with Gasteiger partial charge in [0.15, 0.2) is 0 Å². The minimum absolute atomic E-state index is 0.0890. The van der Waals surface area contributed by atoms with E-state index >= 15 is 0 Å². The van der Waals surface area contributed by atoms with E-state index in [2.05, 4.69) is 95.2 Å². The summed E-state index contributed by atoms with van der Waals surface area (Å²) >= 11 is 0. The molecule has 2 atom stereocenters. The highest BCUT2D eigenvalue weighted by atomic mass is 28.5. The van der Waals surface area contributed by atoms with Crippen LogP contribution in [0.1, 0.15) is 130 Å². The molecule has 3 rings (SSSR count). The standard InChI is InChI=1S/C38H60FNO6Si2/c1-23(2)37-33(36(29-14-16-30(39)17-15-29)34(22-43-13)38(40-37)24(3)4)19-18-31-20-32(21-35(41)42)45-48(27(9)10,28(11)12)46-47(44-31,25(5)6)26(7)8/h14-19,23-28,31-32H,20-22H2,1-13H3,(H,41,42)/b19-18+. The molecule has 2 heterocycles. The fourth-order valence-electron chi connectivity index (χ4n) is 7.14. The molecule has 7 nitrogen and oxygen atoms in total. The fourth-order valence-corrected chi connectivity index (χ4v) is 18.4. The number of carboxylic acids is 1. The van der Waals surface area contributed by atoms with Crippen LogP contribution in [0.5, 0.6) is 0 Å². The lowest BCUT2D eigenvalue weighted by molar-refractivity contribution is -0.139. The topological polar surface area (TPSA) is 87.1 Å². The molecule has 0 aliphatic carbocycles. The van der Waals surface area contributed by atoms with E-state index in [0.29, 0.717) is 13.0 Å². The number of carbonyl (C=O) groups is 1. The molecule has 0 bridgehead atoms. The fraction of sp³-hybridized carbons (Fsp3) is 0.632. The smallest absolute Gasteiger partial charge is 0.335 e. The van der Waals surface area contributed by atoms with Gasteiger partial charge in [0.1, 0.15) is 5.82 Å². The summed E-state index contributed by atoms with van der Waals surface area (Å²) < 4.78 is 41.6. The molecule has 1 N–H and O–H groups in total. The Bertz CT molecular complexity index is 1390. The highest BCUT2D eigenvalue weighted by Crippen LogP contribution is 2.47. The van der Waals surface area contributed by atoms with Crippen molar-refractivity contribution in [3.05, 3.63) is 58.7 Å². The highest BCUT2D eigenvalue weighted by molar-refractivity contribution is 6.84. The van der Waals surface area contributed by atoms with E-state index in [1.165, 1.54) is 12.1 Å². The number of methoxy groups -OCH3 is 1. The quantitative estimate of drug-likeness (QED) is 0.208. The Morgan fingerprint density at radius 1 is 0.896 bits per heavy atom. The summed E-state index contributed by atoms with van der Waals surface area (Å²) in [6.45, 7) is 26.1. The third-order valence-corrected chi connectivity index (χ3v) is 19.9. The molecule has 1 aliphatic rings. The summed E-state index contributed by atoms with van der Waals surface area (Å²) in [5.41, 5.74) is 6.06. The van der Waals surface area contributed by atoms with Crippen LogP contribution in [0.15, 0.2) is 30.3 Å². The average Bonchev–Trinajstić information content (AvgIpc) is 2.97. The molecule has 0 amide bonds. The zero-order chi connectivity index (χ0) is 36.1. The first kappa shape index (κ1) is 40.2. The van der Waals surface area contributed by atoms with Crippen molar-refractivity contribution in [1.82, 2.24) is 4.98 Å². The zero-order valence-corrected chi connectivity index (χ0v) is 33.5. The Hall–Kier alpha value is -2.22. The van der Waals surface area contributed by atoms with Crippen molar-refractivity contribution in [3.63, 3.8) is 0 Å². The Kier molecular flexibility index (Phi) is 14.0. The van der Waals surface area contributed by atoms with Gasteiger partial charge < -0.3 is 22.8 Å². The van der Waals surface area contributed by atoms with Gasteiger partial charge in [-0.3, -0.25) is 9.78 Å². The van der Waals surface area contributed by atoms with Gasteiger partial charge in [0, 0.05) is 30.4 Å². The molecule has 0 radical (unpaired) electrons. The van der Waals surface area contributed by atoms with Crippen molar-refractivity contribution >= 4 is 29.2 Å². The molecular formula is C38H60FNO6Si2. The Morgan fingerprint density at radius 2 is 1.42 bits per heavy atom. The van der Waals surface area contributed by atoms with E-state index in [9.17, 15) is 14.3 Å². The number of nitrogens with zero attached hydrogens (tertiary/aromatic N) is 1. The van der Waals surface area contributed by atoms with E-state index in [1.807, 2.05) is 12.1 Å². The van der Waals surface area contributed by atoms with E-state index in [1.54, 1.807) is 7.11 Å². The predicted octanol–water partition coefficient (Wildman–Crippen LogP) is 10.5. The molecule has 2 aromatic rings. The number of carboxylic acid groups (broad SMARTS) is 1. The van der Waals surface area contributed by atoms with Crippen molar-refractivity contribution in [2.75, 3.05) is 7.11 Å². The van der Waals surface area contributed by atoms with Gasteiger partial charge in [-0.2, -0.15) is 0 Å². The minimum atomic E-state index is -2.96.